The summed E-state index contributed by atoms with van der Waals surface area (Å²) in [6.45, 7) is 0.527. The molecule has 3 aromatic rings. The topological polar surface area (TPSA) is 106 Å². The van der Waals surface area contributed by atoms with Crippen molar-refractivity contribution in [1.82, 2.24) is 15.0 Å². The molecule has 1 aromatic heterocycles. The number of benzene rings is 2. The minimum atomic E-state index is -0.421. The number of anilines is 1. The first kappa shape index (κ1) is 21.9. The van der Waals surface area contributed by atoms with E-state index in [0.29, 0.717) is 29.3 Å². The lowest BCUT2D eigenvalue weighted by Gasteiger charge is -2.24. The lowest BCUT2D eigenvalue weighted by atomic mass is 10.0. The van der Waals surface area contributed by atoms with Crippen LogP contribution in [0.15, 0.2) is 66.0 Å². The van der Waals surface area contributed by atoms with Gasteiger partial charge in [0, 0.05) is 35.8 Å². The first-order chi connectivity index (χ1) is 16.1. The van der Waals surface area contributed by atoms with Gasteiger partial charge in [0.15, 0.2) is 11.5 Å². The first-order valence-corrected chi connectivity index (χ1v) is 10.4. The molecule has 168 valence electrons. The fourth-order valence-corrected chi connectivity index (χ4v) is 3.46. The van der Waals surface area contributed by atoms with E-state index in [9.17, 15) is 9.59 Å². The Bertz CT molecular complexity index is 1180. The maximum absolute atomic E-state index is 13.0. The summed E-state index contributed by atoms with van der Waals surface area (Å²) in [4.78, 5) is 33.1. The van der Waals surface area contributed by atoms with E-state index in [4.69, 9.17) is 9.47 Å². The first-order valence-electron chi connectivity index (χ1n) is 10.4. The Kier molecular flexibility index (Phi) is 6.58. The van der Waals surface area contributed by atoms with Crippen molar-refractivity contribution in [3.05, 3.63) is 77.9 Å². The summed E-state index contributed by atoms with van der Waals surface area (Å²) < 4.78 is 10.7. The maximum atomic E-state index is 13.0. The molecule has 2 heterocycles. The molecular formula is C24H23N5O4. The number of nitrogens with zero attached hydrogens (tertiary/aromatic N) is 4. The van der Waals surface area contributed by atoms with Gasteiger partial charge in [-0.15, -0.1) is 0 Å². The fourth-order valence-electron chi connectivity index (χ4n) is 3.46. The number of nitrogens with one attached hydrogen (secondary N) is 1. The van der Waals surface area contributed by atoms with E-state index >= 15 is 0 Å². The molecule has 33 heavy (non-hydrogen) atoms. The molecular weight excluding hydrogens is 422 g/mol. The van der Waals surface area contributed by atoms with Gasteiger partial charge in [-0.1, -0.05) is 0 Å². The van der Waals surface area contributed by atoms with E-state index < -0.39 is 5.91 Å². The predicted molar refractivity (Wildman–Crippen MR) is 123 cm³/mol. The summed E-state index contributed by atoms with van der Waals surface area (Å²) in [6, 6.07) is 13.9. The van der Waals surface area contributed by atoms with Gasteiger partial charge < -0.3 is 14.8 Å². The molecule has 2 amide bonds. The Hall–Kier alpha value is -4.27. The molecule has 0 atom stereocenters. The summed E-state index contributed by atoms with van der Waals surface area (Å²) in [5, 5.41) is 8.77. The minimum absolute atomic E-state index is 0.0722. The van der Waals surface area contributed by atoms with E-state index in [1.165, 1.54) is 17.4 Å². The summed E-state index contributed by atoms with van der Waals surface area (Å²) >= 11 is 0. The zero-order valence-corrected chi connectivity index (χ0v) is 18.3. The Balaban J connectivity index is 1.48. The number of ether oxygens (including phenoxy) is 2. The molecule has 1 aliphatic heterocycles. The van der Waals surface area contributed by atoms with Crippen LogP contribution < -0.4 is 14.8 Å². The van der Waals surface area contributed by atoms with E-state index in [1.54, 1.807) is 44.6 Å². The second-order valence-electron chi connectivity index (χ2n) is 7.25. The van der Waals surface area contributed by atoms with Crippen LogP contribution in [0.1, 0.15) is 39.4 Å². The van der Waals surface area contributed by atoms with Crippen molar-refractivity contribution in [3.63, 3.8) is 0 Å². The molecule has 2 aromatic carbocycles. The van der Waals surface area contributed by atoms with E-state index in [1.807, 2.05) is 18.2 Å². The third kappa shape index (κ3) is 4.98. The average molecular weight is 445 g/mol. The molecule has 0 spiro atoms. The van der Waals surface area contributed by atoms with Crippen LogP contribution in [0.25, 0.3) is 0 Å². The van der Waals surface area contributed by atoms with Crippen LogP contribution in [-0.2, 0) is 0 Å². The van der Waals surface area contributed by atoms with Gasteiger partial charge in [-0.2, -0.15) is 5.10 Å². The predicted octanol–water partition coefficient (Wildman–Crippen LogP) is 3.39. The summed E-state index contributed by atoms with van der Waals surface area (Å²) in [5.41, 5.74) is 2.70. The Morgan fingerprint density at radius 3 is 2.39 bits per heavy atom. The highest BCUT2D eigenvalue weighted by Crippen LogP contribution is 2.29. The number of amides is 2. The molecule has 9 heteroatoms. The van der Waals surface area contributed by atoms with Crippen LogP contribution in [-0.4, -0.2) is 53.3 Å². The summed E-state index contributed by atoms with van der Waals surface area (Å²) in [7, 11) is 3.17. The average Bonchev–Trinajstić information content (AvgIpc) is 2.88. The summed E-state index contributed by atoms with van der Waals surface area (Å²) in [6.07, 6.45) is 4.55. The molecule has 0 saturated heterocycles. The second-order valence-corrected chi connectivity index (χ2v) is 7.25. The van der Waals surface area contributed by atoms with Gasteiger partial charge in [0.1, 0.15) is 0 Å². The number of carbonyl (C=O) groups excluding carboxylic acids is 2. The zero-order valence-electron chi connectivity index (χ0n) is 18.3. The van der Waals surface area contributed by atoms with Crippen molar-refractivity contribution in [2.45, 2.75) is 12.8 Å². The molecule has 0 aliphatic carbocycles. The molecule has 1 aliphatic rings. The Morgan fingerprint density at radius 1 is 0.970 bits per heavy atom. The van der Waals surface area contributed by atoms with Crippen molar-refractivity contribution in [2.75, 3.05) is 26.1 Å². The molecule has 0 unspecified atom stereocenters. The molecule has 0 radical (unpaired) electrons. The number of hydrogen-bond acceptors (Lipinski definition) is 7. The van der Waals surface area contributed by atoms with Crippen molar-refractivity contribution in [2.24, 2.45) is 5.10 Å². The molecule has 1 N–H and O–H groups in total. The zero-order chi connectivity index (χ0) is 23.2. The van der Waals surface area contributed by atoms with Crippen molar-refractivity contribution >= 4 is 23.2 Å². The summed E-state index contributed by atoms with van der Waals surface area (Å²) in [5.74, 6) is 0.686. The molecule has 0 saturated carbocycles. The Morgan fingerprint density at radius 2 is 1.70 bits per heavy atom. The van der Waals surface area contributed by atoms with Gasteiger partial charge in [-0.25, -0.2) is 15.0 Å². The smallest absolute Gasteiger partial charge is 0.293 e. The molecule has 9 nitrogen and oxygen atoms in total. The van der Waals surface area contributed by atoms with Crippen LogP contribution in [0, 0.1) is 0 Å². The number of carbonyl (C=O) groups is 2. The number of hydrazone groups is 1. The van der Waals surface area contributed by atoms with E-state index in [-0.39, 0.29) is 11.7 Å². The van der Waals surface area contributed by atoms with Crippen molar-refractivity contribution in [3.8, 4) is 11.5 Å². The highest BCUT2D eigenvalue weighted by Gasteiger charge is 2.21. The van der Waals surface area contributed by atoms with Crippen LogP contribution in [0.2, 0.25) is 0 Å². The van der Waals surface area contributed by atoms with E-state index in [0.717, 1.165) is 24.1 Å². The third-order valence-electron chi connectivity index (χ3n) is 5.13. The van der Waals surface area contributed by atoms with Crippen LogP contribution in [0.4, 0.5) is 5.69 Å². The lowest BCUT2D eigenvalue weighted by Crippen LogP contribution is -2.32. The van der Waals surface area contributed by atoms with Gasteiger partial charge in [-0.05, 0) is 61.4 Å². The lowest BCUT2D eigenvalue weighted by molar-refractivity contribution is 0.0751. The monoisotopic (exact) mass is 445 g/mol. The van der Waals surface area contributed by atoms with E-state index in [2.05, 4.69) is 20.4 Å². The SMILES string of the molecule is COc1ccc(C2=NN(C(=O)c3ccc(NC(=O)c4ncccn4)cc3)CCC2)cc1OC. The van der Waals surface area contributed by atoms with Crippen molar-refractivity contribution in [1.29, 1.82) is 0 Å². The molecule has 4 rings (SSSR count). The normalized spacial score (nSPS) is 13.2. The van der Waals surface area contributed by atoms with Crippen LogP contribution in [0.5, 0.6) is 11.5 Å². The highest BCUT2D eigenvalue weighted by molar-refractivity contribution is 6.04. The number of aromatic nitrogens is 2. The van der Waals surface area contributed by atoms with Gasteiger partial charge in [0.05, 0.1) is 19.9 Å². The van der Waals surface area contributed by atoms with Gasteiger partial charge in [0.2, 0.25) is 5.82 Å². The van der Waals surface area contributed by atoms with Gasteiger partial charge in [0.25, 0.3) is 11.8 Å². The fraction of sp³-hybridized carbons (Fsp3) is 0.208. The molecule has 0 bridgehead atoms. The third-order valence-corrected chi connectivity index (χ3v) is 5.13. The van der Waals surface area contributed by atoms with Crippen LogP contribution >= 0.6 is 0 Å². The quantitative estimate of drug-likeness (QED) is 0.623. The van der Waals surface area contributed by atoms with Gasteiger partial charge in [-0.3, -0.25) is 9.59 Å². The van der Waals surface area contributed by atoms with Gasteiger partial charge >= 0.3 is 0 Å². The maximum Gasteiger partial charge on any atom is 0.293 e. The standard InChI is InChI=1S/C24H23N5O4/c1-32-20-11-8-17(15-21(20)33-2)19-5-3-14-29(28-19)24(31)16-6-9-18(10-7-16)27-23(30)22-25-12-4-13-26-22/h4,6-13,15H,3,5,14H2,1-2H3,(H,27,30). The number of rotatable bonds is 6. The second kappa shape index (κ2) is 9.90. The van der Waals surface area contributed by atoms with Crippen molar-refractivity contribution < 1.29 is 19.1 Å². The highest BCUT2D eigenvalue weighted by atomic mass is 16.5. The Labute approximate surface area is 191 Å². The van der Waals surface area contributed by atoms with Crippen LogP contribution in [0.3, 0.4) is 0 Å². The minimum Gasteiger partial charge on any atom is -0.493 e. The number of hydrogen-bond donors (Lipinski definition) is 1. The number of methoxy groups -OCH3 is 2. The molecule has 0 fully saturated rings. The largest absolute Gasteiger partial charge is 0.493 e.